The van der Waals surface area contributed by atoms with Crippen LogP contribution in [0.4, 0.5) is 13.2 Å². The van der Waals surface area contributed by atoms with Crippen LogP contribution in [0.1, 0.15) is 6.42 Å². The first-order valence-electron chi connectivity index (χ1n) is 3.60. The highest BCUT2D eigenvalue weighted by molar-refractivity contribution is 5.13. The number of halogens is 3. The second-order valence-electron chi connectivity index (χ2n) is 2.58. The number of likely N-dealkylation sites (N-methyl/N-ethyl adjacent to an activating group) is 1. The molecule has 0 bridgehead atoms. The maximum Gasteiger partial charge on any atom is 0.407 e. The highest BCUT2D eigenvalue weighted by atomic mass is 19.4. The van der Waals surface area contributed by atoms with Crippen LogP contribution in [-0.4, -0.2) is 25.9 Å². The van der Waals surface area contributed by atoms with E-state index < -0.39 is 12.2 Å². The summed E-state index contributed by atoms with van der Waals surface area (Å²) in [4.78, 5) is 0. The van der Waals surface area contributed by atoms with Gasteiger partial charge in [0.05, 0.1) is 12.9 Å². The Kier molecular flexibility index (Phi) is 2.62. The van der Waals surface area contributed by atoms with Crippen molar-refractivity contribution in [3.8, 4) is 0 Å². The van der Waals surface area contributed by atoms with Crippen molar-refractivity contribution in [2.75, 3.05) is 13.7 Å². The van der Waals surface area contributed by atoms with E-state index in [4.69, 9.17) is 4.74 Å². The third-order valence-corrected chi connectivity index (χ3v) is 1.73. The molecule has 1 rings (SSSR count). The first-order chi connectivity index (χ1) is 5.55. The van der Waals surface area contributed by atoms with Crippen molar-refractivity contribution in [1.29, 1.82) is 0 Å². The largest absolute Gasteiger partial charge is 0.501 e. The van der Waals surface area contributed by atoms with Crippen LogP contribution in [0, 0.1) is 0 Å². The van der Waals surface area contributed by atoms with Gasteiger partial charge in [-0.1, -0.05) is 0 Å². The number of hydrogen-bond acceptors (Lipinski definition) is 2. The highest BCUT2D eigenvalue weighted by Gasteiger charge is 2.41. The molecule has 12 heavy (non-hydrogen) atoms. The Morgan fingerprint density at radius 3 is 2.58 bits per heavy atom. The van der Waals surface area contributed by atoms with Crippen molar-refractivity contribution in [2.24, 2.45) is 0 Å². The molecule has 1 aliphatic heterocycles. The summed E-state index contributed by atoms with van der Waals surface area (Å²) in [5.41, 5.74) is 0.269. The minimum atomic E-state index is -4.23. The van der Waals surface area contributed by atoms with Gasteiger partial charge < -0.3 is 10.1 Å². The molecule has 0 saturated carbocycles. The summed E-state index contributed by atoms with van der Waals surface area (Å²) < 4.78 is 41.4. The summed E-state index contributed by atoms with van der Waals surface area (Å²) in [5, 5.41) is 2.21. The molecule has 1 aliphatic rings. The second-order valence-corrected chi connectivity index (χ2v) is 2.58. The van der Waals surface area contributed by atoms with E-state index in [-0.39, 0.29) is 5.57 Å². The van der Waals surface area contributed by atoms with E-state index in [1.165, 1.54) is 13.3 Å². The minimum absolute atomic E-state index is 0.269. The van der Waals surface area contributed by atoms with Crippen molar-refractivity contribution in [1.82, 2.24) is 5.32 Å². The van der Waals surface area contributed by atoms with E-state index in [1.54, 1.807) is 0 Å². The predicted octanol–water partition coefficient (Wildman–Crippen LogP) is 1.44. The smallest absolute Gasteiger partial charge is 0.407 e. The van der Waals surface area contributed by atoms with E-state index in [2.05, 4.69) is 5.32 Å². The molecule has 1 heterocycles. The topological polar surface area (TPSA) is 21.3 Å². The molecule has 1 N–H and O–H groups in total. The van der Waals surface area contributed by atoms with E-state index in [9.17, 15) is 13.2 Å². The third-order valence-electron chi connectivity index (χ3n) is 1.73. The SMILES string of the molecule is CNC(C1=COCC1)C(F)(F)F. The summed E-state index contributed by atoms with van der Waals surface area (Å²) in [6, 6.07) is -1.56. The van der Waals surface area contributed by atoms with Gasteiger partial charge in [-0.25, -0.2) is 0 Å². The van der Waals surface area contributed by atoms with E-state index in [1.807, 2.05) is 0 Å². The summed E-state index contributed by atoms with van der Waals surface area (Å²) in [6.07, 6.45) is -2.69. The van der Waals surface area contributed by atoms with Gasteiger partial charge in [-0.2, -0.15) is 13.2 Å². The Labute approximate surface area is 68.4 Å². The quantitative estimate of drug-likeness (QED) is 0.696. The highest BCUT2D eigenvalue weighted by Crippen LogP contribution is 2.28. The van der Waals surface area contributed by atoms with Crippen molar-refractivity contribution < 1.29 is 17.9 Å². The van der Waals surface area contributed by atoms with Crippen LogP contribution in [0.5, 0.6) is 0 Å². The summed E-state index contributed by atoms with van der Waals surface area (Å²) in [6.45, 7) is 0.351. The van der Waals surface area contributed by atoms with Gasteiger partial charge in [0.15, 0.2) is 0 Å². The zero-order chi connectivity index (χ0) is 9.19. The van der Waals surface area contributed by atoms with Gasteiger partial charge in [-0.15, -0.1) is 0 Å². The predicted molar refractivity (Wildman–Crippen MR) is 37.6 cm³/mol. The average Bonchev–Trinajstić information content (AvgIpc) is 2.38. The molecule has 0 aliphatic carbocycles. The lowest BCUT2D eigenvalue weighted by molar-refractivity contribution is -0.146. The van der Waals surface area contributed by atoms with Gasteiger partial charge in [0, 0.05) is 6.42 Å². The monoisotopic (exact) mass is 181 g/mol. The molecule has 0 aromatic heterocycles. The number of ether oxygens (including phenoxy) is 1. The zero-order valence-corrected chi connectivity index (χ0v) is 6.61. The van der Waals surface area contributed by atoms with Crippen LogP contribution in [0.2, 0.25) is 0 Å². The number of alkyl halides is 3. The maximum absolute atomic E-state index is 12.2. The fourth-order valence-corrected chi connectivity index (χ4v) is 1.17. The van der Waals surface area contributed by atoms with Gasteiger partial charge in [0.25, 0.3) is 0 Å². The van der Waals surface area contributed by atoms with Crippen LogP contribution in [-0.2, 0) is 4.74 Å². The zero-order valence-electron chi connectivity index (χ0n) is 6.61. The summed E-state index contributed by atoms with van der Waals surface area (Å²) in [5.74, 6) is 0. The van der Waals surface area contributed by atoms with Crippen molar-refractivity contribution >= 4 is 0 Å². The molecule has 0 aromatic carbocycles. The van der Waals surface area contributed by atoms with Crippen molar-refractivity contribution in [3.63, 3.8) is 0 Å². The Hall–Kier alpha value is -0.710. The maximum atomic E-state index is 12.2. The van der Waals surface area contributed by atoms with E-state index in [0.29, 0.717) is 13.0 Å². The lowest BCUT2D eigenvalue weighted by Gasteiger charge is -2.19. The van der Waals surface area contributed by atoms with Crippen LogP contribution >= 0.6 is 0 Å². The molecule has 1 atom stereocenters. The van der Waals surface area contributed by atoms with Crippen LogP contribution in [0.15, 0.2) is 11.8 Å². The molecule has 70 valence electrons. The fraction of sp³-hybridized carbons (Fsp3) is 0.714. The molecule has 5 heteroatoms. The van der Waals surface area contributed by atoms with Crippen LogP contribution in [0.25, 0.3) is 0 Å². The molecule has 0 radical (unpaired) electrons. The van der Waals surface area contributed by atoms with Gasteiger partial charge in [0.1, 0.15) is 6.04 Å². The average molecular weight is 181 g/mol. The minimum Gasteiger partial charge on any atom is -0.501 e. The van der Waals surface area contributed by atoms with Gasteiger partial charge in [-0.3, -0.25) is 0 Å². The first kappa shape index (κ1) is 9.38. The first-order valence-corrected chi connectivity index (χ1v) is 3.60. The van der Waals surface area contributed by atoms with E-state index in [0.717, 1.165) is 0 Å². The van der Waals surface area contributed by atoms with Crippen molar-refractivity contribution in [2.45, 2.75) is 18.6 Å². The summed E-state index contributed by atoms with van der Waals surface area (Å²) in [7, 11) is 1.29. The van der Waals surface area contributed by atoms with Gasteiger partial charge in [0.2, 0.25) is 0 Å². The van der Waals surface area contributed by atoms with Gasteiger partial charge >= 0.3 is 6.18 Å². The Morgan fingerprint density at radius 2 is 2.25 bits per heavy atom. The van der Waals surface area contributed by atoms with E-state index >= 15 is 0 Å². The van der Waals surface area contributed by atoms with Crippen LogP contribution < -0.4 is 5.32 Å². The van der Waals surface area contributed by atoms with Crippen molar-refractivity contribution in [3.05, 3.63) is 11.8 Å². The molecule has 0 amide bonds. The fourth-order valence-electron chi connectivity index (χ4n) is 1.17. The summed E-state index contributed by atoms with van der Waals surface area (Å²) >= 11 is 0. The molecule has 0 spiro atoms. The molecule has 0 fully saturated rings. The Balaban J connectivity index is 2.68. The van der Waals surface area contributed by atoms with Crippen LogP contribution in [0.3, 0.4) is 0 Å². The third kappa shape index (κ3) is 1.91. The molecule has 0 saturated heterocycles. The molecule has 2 nitrogen and oxygen atoms in total. The normalized spacial score (nSPS) is 20.2. The number of hydrogen-bond donors (Lipinski definition) is 1. The second kappa shape index (κ2) is 3.35. The Bertz CT molecular complexity index is 188. The molecule has 0 aromatic rings. The Morgan fingerprint density at radius 1 is 1.58 bits per heavy atom. The van der Waals surface area contributed by atoms with Gasteiger partial charge in [-0.05, 0) is 12.6 Å². The molecular weight excluding hydrogens is 171 g/mol. The molecular formula is C7H10F3NO. The number of rotatable bonds is 2. The lowest BCUT2D eigenvalue weighted by Crippen LogP contribution is -2.41. The standard InChI is InChI=1S/C7H10F3NO/c1-11-6(7(8,9)10)5-2-3-12-4-5/h4,6,11H,2-3H2,1H3. The molecule has 1 unspecified atom stereocenters. The lowest BCUT2D eigenvalue weighted by atomic mass is 10.1. The number of nitrogens with one attached hydrogen (secondary N) is 1.